The number of phenols is 1. The largest absolute Gasteiger partial charge is 0.504 e. The molecular weight excluding hydrogens is 315 g/mol. The molecule has 6 heteroatoms. The van der Waals surface area contributed by atoms with E-state index in [9.17, 15) is 9.50 Å². The van der Waals surface area contributed by atoms with Crippen molar-refractivity contribution in [2.24, 2.45) is 11.7 Å². The van der Waals surface area contributed by atoms with Crippen molar-refractivity contribution in [3.05, 3.63) is 21.9 Å². The summed E-state index contributed by atoms with van der Waals surface area (Å²) in [5.74, 6) is -0.665. The number of halogens is 2. The average molecular weight is 333 g/mol. The minimum atomic E-state index is -0.725. The summed E-state index contributed by atoms with van der Waals surface area (Å²) >= 11 is 3.27. The van der Waals surface area contributed by atoms with Gasteiger partial charge in [-0.3, -0.25) is 4.90 Å². The smallest absolute Gasteiger partial charge is 0.208 e. The van der Waals surface area contributed by atoms with Gasteiger partial charge in [0.05, 0.1) is 11.6 Å². The number of nitrogens with zero attached hydrogens (tertiary/aromatic N) is 1. The number of aromatic hydroxyl groups is 1. The van der Waals surface area contributed by atoms with Crippen LogP contribution in [0.4, 0.5) is 4.39 Å². The first-order valence-corrected chi connectivity index (χ1v) is 6.94. The second-order valence-corrected chi connectivity index (χ2v) is 5.79. The molecule has 0 spiro atoms. The van der Waals surface area contributed by atoms with Gasteiger partial charge in [-0.05, 0) is 47.9 Å². The number of hydrogen-bond donors (Lipinski definition) is 2. The van der Waals surface area contributed by atoms with Crippen LogP contribution in [0.25, 0.3) is 0 Å². The monoisotopic (exact) mass is 332 g/mol. The predicted octanol–water partition coefficient (Wildman–Crippen LogP) is 2.25. The third kappa shape index (κ3) is 2.57. The van der Waals surface area contributed by atoms with Gasteiger partial charge in [-0.25, -0.2) is 0 Å². The number of ether oxygens (including phenoxy) is 1. The molecule has 4 nitrogen and oxygen atoms in total. The molecule has 0 saturated carbocycles. The van der Waals surface area contributed by atoms with Crippen LogP contribution in [0.1, 0.15) is 18.0 Å². The van der Waals surface area contributed by atoms with Gasteiger partial charge in [-0.1, -0.05) is 0 Å². The summed E-state index contributed by atoms with van der Waals surface area (Å²) in [7, 11) is 3.32. The van der Waals surface area contributed by atoms with E-state index in [1.54, 1.807) is 6.07 Å². The fourth-order valence-corrected chi connectivity index (χ4v) is 3.27. The van der Waals surface area contributed by atoms with Gasteiger partial charge in [0.2, 0.25) is 5.82 Å². The zero-order valence-electron chi connectivity index (χ0n) is 11.0. The molecule has 2 rings (SSSR count). The van der Waals surface area contributed by atoms with E-state index < -0.39 is 5.82 Å². The summed E-state index contributed by atoms with van der Waals surface area (Å²) in [5, 5.41) is 10.0. The summed E-state index contributed by atoms with van der Waals surface area (Å²) in [6.45, 7) is 1.45. The first kappa shape index (κ1) is 14.6. The molecule has 2 atom stereocenters. The van der Waals surface area contributed by atoms with Crippen LogP contribution in [-0.2, 0) is 0 Å². The maximum atomic E-state index is 14.0. The lowest BCUT2D eigenvalue weighted by atomic mass is 9.99. The van der Waals surface area contributed by atoms with E-state index in [0.29, 0.717) is 22.5 Å². The summed E-state index contributed by atoms with van der Waals surface area (Å²) in [5.41, 5.74) is 6.26. The summed E-state index contributed by atoms with van der Waals surface area (Å²) in [6, 6.07) is 1.70. The quantitative estimate of drug-likeness (QED) is 0.891. The molecule has 1 aliphatic heterocycles. The van der Waals surface area contributed by atoms with Gasteiger partial charge in [0.25, 0.3) is 0 Å². The molecule has 1 saturated heterocycles. The van der Waals surface area contributed by atoms with Crippen molar-refractivity contribution in [2.75, 3.05) is 27.2 Å². The van der Waals surface area contributed by atoms with Gasteiger partial charge in [0, 0.05) is 18.2 Å². The highest BCUT2D eigenvalue weighted by molar-refractivity contribution is 9.10. The number of likely N-dealkylation sites (tertiary alicyclic amines) is 1. The molecule has 1 aliphatic rings. The summed E-state index contributed by atoms with van der Waals surface area (Å²) < 4.78 is 19.5. The molecular formula is C13H18BrFN2O2. The van der Waals surface area contributed by atoms with E-state index in [-0.39, 0.29) is 17.5 Å². The first-order chi connectivity index (χ1) is 8.99. The lowest BCUT2D eigenvalue weighted by molar-refractivity contribution is 0.298. The van der Waals surface area contributed by atoms with Crippen LogP contribution in [0.5, 0.6) is 11.5 Å². The van der Waals surface area contributed by atoms with Crippen molar-refractivity contribution in [1.29, 1.82) is 0 Å². The SMILES string of the molecule is COc1c(Br)cc(C2CC(CN)CN2C)c(O)c1F. The fraction of sp³-hybridized carbons (Fsp3) is 0.538. The second kappa shape index (κ2) is 5.64. The van der Waals surface area contributed by atoms with Crippen LogP contribution < -0.4 is 10.5 Å². The second-order valence-electron chi connectivity index (χ2n) is 4.94. The molecule has 0 radical (unpaired) electrons. The lowest BCUT2D eigenvalue weighted by Gasteiger charge is -2.22. The maximum Gasteiger partial charge on any atom is 0.208 e. The number of hydrogen-bond acceptors (Lipinski definition) is 4. The van der Waals surface area contributed by atoms with Crippen molar-refractivity contribution in [3.63, 3.8) is 0 Å². The molecule has 0 aromatic heterocycles. The summed E-state index contributed by atoms with van der Waals surface area (Å²) in [4.78, 5) is 2.09. The Kier molecular flexibility index (Phi) is 4.32. The minimum Gasteiger partial charge on any atom is -0.504 e. The Balaban J connectivity index is 2.41. The third-order valence-electron chi connectivity index (χ3n) is 3.71. The maximum absolute atomic E-state index is 14.0. The molecule has 0 bridgehead atoms. The molecule has 1 aromatic rings. The fourth-order valence-electron chi connectivity index (χ4n) is 2.69. The lowest BCUT2D eigenvalue weighted by Crippen LogP contribution is -2.20. The molecule has 106 valence electrons. The number of benzene rings is 1. The predicted molar refractivity (Wildman–Crippen MR) is 74.8 cm³/mol. The van der Waals surface area contributed by atoms with Gasteiger partial charge < -0.3 is 15.6 Å². The number of nitrogens with two attached hydrogens (primary N) is 1. The normalized spacial score (nSPS) is 23.8. The van der Waals surface area contributed by atoms with Crippen LogP contribution >= 0.6 is 15.9 Å². The molecule has 1 aromatic carbocycles. The zero-order valence-corrected chi connectivity index (χ0v) is 12.6. The molecule has 3 N–H and O–H groups in total. The van der Waals surface area contributed by atoms with E-state index >= 15 is 0 Å². The van der Waals surface area contributed by atoms with Crippen molar-refractivity contribution >= 4 is 15.9 Å². The van der Waals surface area contributed by atoms with Crippen molar-refractivity contribution in [3.8, 4) is 11.5 Å². The molecule has 0 amide bonds. The molecule has 2 unspecified atom stereocenters. The Hall–Kier alpha value is -0.850. The van der Waals surface area contributed by atoms with E-state index in [2.05, 4.69) is 20.8 Å². The molecule has 1 fully saturated rings. The zero-order chi connectivity index (χ0) is 14.2. The van der Waals surface area contributed by atoms with Gasteiger partial charge in [-0.15, -0.1) is 0 Å². The van der Waals surface area contributed by atoms with Crippen LogP contribution in [0, 0.1) is 11.7 Å². The van der Waals surface area contributed by atoms with E-state index in [1.165, 1.54) is 7.11 Å². The van der Waals surface area contributed by atoms with E-state index in [4.69, 9.17) is 10.5 Å². The average Bonchev–Trinajstić information content (AvgIpc) is 2.76. The Morgan fingerprint density at radius 1 is 1.63 bits per heavy atom. The third-order valence-corrected chi connectivity index (χ3v) is 4.30. The summed E-state index contributed by atoms with van der Waals surface area (Å²) in [6.07, 6.45) is 0.818. The highest BCUT2D eigenvalue weighted by atomic mass is 79.9. The van der Waals surface area contributed by atoms with Crippen molar-refractivity contribution in [2.45, 2.75) is 12.5 Å². The first-order valence-electron chi connectivity index (χ1n) is 6.14. The van der Waals surface area contributed by atoms with Crippen LogP contribution in [0.3, 0.4) is 0 Å². The number of rotatable bonds is 3. The van der Waals surface area contributed by atoms with Gasteiger partial charge in [-0.2, -0.15) is 4.39 Å². The van der Waals surface area contributed by atoms with Gasteiger partial charge in [0.1, 0.15) is 0 Å². The van der Waals surface area contributed by atoms with Crippen LogP contribution in [-0.4, -0.2) is 37.3 Å². The van der Waals surface area contributed by atoms with Gasteiger partial charge in [0.15, 0.2) is 11.5 Å². The number of methoxy groups -OCH3 is 1. The Labute approximate surface area is 120 Å². The van der Waals surface area contributed by atoms with E-state index in [1.807, 2.05) is 7.05 Å². The highest BCUT2D eigenvalue weighted by Gasteiger charge is 2.33. The number of phenolic OH excluding ortho intramolecular Hbond substituents is 1. The molecule has 0 aliphatic carbocycles. The van der Waals surface area contributed by atoms with Crippen LogP contribution in [0.15, 0.2) is 10.5 Å². The molecule has 19 heavy (non-hydrogen) atoms. The Morgan fingerprint density at radius 2 is 2.32 bits per heavy atom. The van der Waals surface area contributed by atoms with Gasteiger partial charge >= 0.3 is 0 Å². The molecule has 1 heterocycles. The Bertz CT molecular complexity index is 484. The van der Waals surface area contributed by atoms with Crippen LogP contribution in [0.2, 0.25) is 0 Å². The minimum absolute atomic E-state index is 0.0229. The standard InChI is InChI=1S/C13H18BrFN2O2/c1-17-6-7(5-16)3-10(17)8-4-9(14)13(19-2)11(15)12(8)18/h4,7,10,18H,3,5-6,16H2,1-2H3. The highest BCUT2D eigenvalue weighted by Crippen LogP contribution is 2.44. The van der Waals surface area contributed by atoms with Crippen molar-refractivity contribution < 1.29 is 14.2 Å². The topological polar surface area (TPSA) is 58.7 Å². The van der Waals surface area contributed by atoms with E-state index in [0.717, 1.165) is 13.0 Å². The Morgan fingerprint density at radius 3 is 2.84 bits per heavy atom. The van der Waals surface area contributed by atoms with Crippen molar-refractivity contribution in [1.82, 2.24) is 4.90 Å².